The molecule has 0 heteroatoms. The molecule has 2 radical (unpaired) electrons. The predicted molar refractivity (Wildman–Crippen MR) is 42.8 cm³/mol. The van der Waals surface area contributed by atoms with Gasteiger partial charge in [0.25, 0.3) is 0 Å². The summed E-state index contributed by atoms with van der Waals surface area (Å²) in [6.45, 7) is 14.5. The van der Waals surface area contributed by atoms with Crippen molar-refractivity contribution >= 4 is 0 Å². The normalized spacial score (nSPS) is 12.0. The van der Waals surface area contributed by atoms with Crippen molar-refractivity contribution < 1.29 is 0 Å². The molecule has 0 amide bonds. The highest BCUT2D eigenvalue weighted by Crippen LogP contribution is 2.22. The summed E-state index contributed by atoms with van der Waals surface area (Å²) in [5, 5.41) is 0. The van der Waals surface area contributed by atoms with Gasteiger partial charge in [-0.2, -0.15) is 0 Å². The summed E-state index contributed by atoms with van der Waals surface area (Å²) in [4.78, 5) is 0. The van der Waals surface area contributed by atoms with Gasteiger partial charge in [-0.15, -0.1) is 0 Å². The standard InChI is InChI=1S/C9H18/c1-6-9(7(2)3)8(4)5/h7-9H,2,4,6H2,1,3,5H3. The first-order chi connectivity index (χ1) is 4.09. The van der Waals surface area contributed by atoms with Gasteiger partial charge < -0.3 is 0 Å². The van der Waals surface area contributed by atoms with Crippen LogP contribution in [-0.2, 0) is 0 Å². The van der Waals surface area contributed by atoms with E-state index in [1.54, 1.807) is 0 Å². The molecule has 0 aliphatic carbocycles. The van der Waals surface area contributed by atoms with Gasteiger partial charge in [0, 0.05) is 0 Å². The van der Waals surface area contributed by atoms with E-state index in [-0.39, 0.29) is 0 Å². The Morgan fingerprint density at radius 2 is 1.44 bits per heavy atom. The molecule has 0 N–H and O–H groups in total. The molecular weight excluding hydrogens is 108 g/mol. The summed E-state index contributed by atoms with van der Waals surface area (Å²) in [5.74, 6) is 1.79. The molecule has 0 aromatic carbocycles. The molecule has 0 aromatic heterocycles. The Kier molecular flexibility index (Phi) is 3.92. The van der Waals surface area contributed by atoms with E-state index < -0.39 is 0 Å². The third kappa shape index (κ3) is 2.88. The van der Waals surface area contributed by atoms with Crippen molar-refractivity contribution in [1.29, 1.82) is 0 Å². The van der Waals surface area contributed by atoms with Crippen molar-refractivity contribution in [3.8, 4) is 0 Å². The summed E-state index contributed by atoms with van der Waals surface area (Å²) in [6.07, 6.45) is 1.20. The van der Waals surface area contributed by atoms with E-state index in [1.165, 1.54) is 6.42 Å². The fraction of sp³-hybridized carbons (Fsp3) is 0.778. The smallest absolute Gasteiger partial charge is 0.0365 e. The molecule has 2 atom stereocenters. The van der Waals surface area contributed by atoms with E-state index in [0.717, 1.165) is 0 Å². The second kappa shape index (κ2) is 3.92. The van der Waals surface area contributed by atoms with Crippen LogP contribution in [0.25, 0.3) is 0 Å². The highest BCUT2D eigenvalue weighted by atomic mass is 14.2. The Labute approximate surface area is 59.7 Å². The lowest BCUT2D eigenvalue weighted by atomic mass is 9.84. The first kappa shape index (κ1) is 9.00. The van der Waals surface area contributed by atoms with Crippen LogP contribution in [0.15, 0.2) is 0 Å². The molecule has 54 valence electrons. The summed E-state index contributed by atoms with van der Waals surface area (Å²) in [7, 11) is 0. The minimum absolute atomic E-state index is 0.544. The van der Waals surface area contributed by atoms with E-state index in [9.17, 15) is 0 Å². The Balaban J connectivity index is 3.68. The van der Waals surface area contributed by atoms with Gasteiger partial charge in [-0.3, -0.25) is 0 Å². The van der Waals surface area contributed by atoms with Crippen LogP contribution in [-0.4, -0.2) is 0 Å². The molecule has 0 aromatic rings. The fourth-order valence-corrected chi connectivity index (χ4v) is 1.37. The van der Waals surface area contributed by atoms with Gasteiger partial charge in [-0.25, -0.2) is 0 Å². The summed E-state index contributed by atoms with van der Waals surface area (Å²) in [5.41, 5.74) is 0. The van der Waals surface area contributed by atoms with Crippen molar-refractivity contribution in [2.45, 2.75) is 27.2 Å². The average molecular weight is 126 g/mol. The molecule has 0 saturated heterocycles. The number of hydrogen-bond acceptors (Lipinski definition) is 0. The van der Waals surface area contributed by atoms with E-state index in [0.29, 0.717) is 17.8 Å². The maximum Gasteiger partial charge on any atom is -0.0365 e. The maximum atomic E-state index is 3.99. The zero-order valence-corrected chi connectivity index (χ0v) is 6.85. The molecule has 0 spiro atoms. The Hall–Kier alpha value is 0. The van der Waals surface area contributed by atoms with Crippen molar-refractivity contribution in [2.75, 3.05) is 0 Å². The topological polar surface area (TPSA) is 0 Å². The Morgan fingerprint density at radius 1 is 1.11 bits per heavy atom. The van der Waals surface area contributed by atoms with Crippen LogP contribution in [0.5, 0.6) is 0 Å². The minimum atomic E-state index is 0.544. The largest absolute Gasteiger partial charge is 0.0651 e. The second-order valence-corrected chi connectivity index (χ2v) is 3.03. The molecular formula is C9H18. The van der Waals surface area contributed by atoms with Crippen LogP contribution in [0, 0.1) is 31.6 Å². The van der Waals surface area contributed by atoms with Gasteiger partial charge in [0.1, 0.15) is 0 Å². The molecule has 2 unspecified atom stereocenters. The van der Waals surface area contributed by atoms with Crippen molar-refractivity contribution in [1.82, 2.24) is 0 Å². The fourth-order valence-electron chi connectivity index (χ4n) is 1.37. The summed E-state index contributed by atoms with van der Waals surface area (Å²) >= 11 is 0. The van der Waals surface area contributed by atoms with Crippen LogP contribution in [0.1, 0.15) is 27.2 Å². The van der Waals surface area contributed by atoms with Crippen molar-refractivity contribution in [2.24, 2.45) is 17.8 Å². The minimum Gasteiger partial charge on any atom is -0.0651 e. The molecule has 0 bridgehead atoms. The van der Waals surface area contributed by atoms with E-state index >= 15 is 0 Å². The highest BCUT2D eigenvalue weighted by Gasteiger charge is 2.14. The van der Waals surface area contributed by atoms with Crippen LogP contribution in [0.4, 0.5) is 0 Å². The Bertz CT molecular complexity index is 54.4. The third-order valence-corrected chi connectivity index (χ3v) is 1.93. The first-order valence-electron chi connectivity index (χ1n) is 3.75. The zero-order valence-electron chi connectivity index (χ0n) is 6.85. The lowest BCUT2D eigenvalue weighted by molar-refractivity contribution is 0.325. The number of rotatable bonds is 3. The third-order valence-electron chi connectivity index (χ3n) is 1.93. The van der Waals surface area contributed by atoms with Gasteiger partial charge in [0.05, 0.1) is 0 Å². The first-order valence-corrected chi connectivity index (χ1v) is 3.75. The second-order valence-electron chi connectivity index (χ2n) is 3.03. The summed E-state index contributed by atoms with van der Waals surface area (Å²) < 4.78 is 0. The lowest BCUT2D eigenvalue weighted by Gasteiger charge is -2.22. The SMILES string of the molecule is [CH2]C(C)C(CC)C([CH2])C. The quantitative estimate of drug-likeness (QED) is 0.545. The average Bonchev–Trinajstić information content (AvgIpc) is 1.64. The van der Waals surface area contributed by atoms with Gasteiger partial charge in [0.2, 0.25) is 0 Å². The predicted octanol–water partition coefficient (Wildman–Crippen LogP) is 2.95. The van der Waals surface area contributed by atoms with Crippen molar-refractivity contribution in [3.05, 3.63) is 13.8 Å². The molecule has 0 aliphatic heterocycles. The number of hydrogen-bond donors (Lipinski definition) is 0. The molecule has 0 rings (SSSR count). The molecule has 0 aliphatic rings. The molecule has 0 fully saturated rings. The maximum absolute atomic E-state index is 3.99. The van der Waals surface area contributed by atoms with Gasteiger partial charge in [-0.1, -0.05) is 41.0 Å². The van der Waals surface area contributed by atoms with E-state index in [4.69, 9.17) is 0 Å². The summed E-state index contributed by atoms with van der Waals surface area (Å²) in [6, 6.07) is 0. The molecule has 9 heavy (non-hydrogen) atoms. The van der Waals surface area contributed by atoms with Gasteiger partial charge >= 0.3 is 0 Å². The van der Waals surface area contributed by atoms with Crippen LogP contribution >= 0.6 is 0 Å². The van der Waals surface area contributed by atoms with Gasteiger partial charge in [0.15, 0.2) is 0 Å². The Morgan fingerprint density at radius 3 is 1.44 bits per heavy atom. The van der Waals surface area contributed by atoms with E-state index in [2.05, 4.69) is 34.6 Å². The van der Waals surface area contributed by atoms with Crippen LogP contribution in [0.2, 0.25) is 0 Å². The van der Waals surface area contributed by atoms with Gasteiger partial charge in [-0.05, 0) is 17.8 Å². The molecule has 0 heterocycles. The lowest BCUT2D eigenvalue weighted by Crippen LogP contribution is -2.14. The highest BCUT2D eigenvalue weighted by molar-refractivity contribution is 4.73. The molecule has 0 saturated carbocycles. The molecule has 0 nitrogen and oxygen atoms in total. The monoisotopic (exact) mass is 126 g/mol. The van der Waals surface area contributed by atoms with Crippen LogP contribution < -0.4 is 0 Å². The zero-order chi connectivity index (χ0) is 7.44. The van der Waals surface area contributed by atoms with Crippen molar-refractivity contribution in [3.63, 3.8) is 0 Å². The van der Waals surface area contributed by atoms with Crippen LogP contribution in [0.3, 0.4) is 0 Å². The van der Waals surface area contributed by atoms with E-state index in [1.807, 2.05) is 0 Å².